The fraction of sp³-hybridized carbons (Fsp3) is 0.222. The average molecular weight is 423 g/mol. The second-order valence-corrected chi connectivity index (χ2v) is 6.54. The van der Waals surface area contributed by atoms with E-state index in [9.17, 15) is 14.0 Å². The lowest BCUT2D eigenvalue weighted by Crippen LogP contribution is -2.18. The van der Waals surface area contributed by atoms with Gasteiger partial charge in [0.15, 0.2) is 11.5 Å². The Kier molecular flexibility index (Phi) is 5.41. The van der Waals surface area contributed by atoms with Crippen LogP contribution in [0.2, 0.25) is 0 Å². The lowest BCUT2D eigenvalue weighted by Gasteiger charge is -2.20. The van der Waals surface area contributed by atoms with Crippen molar-refractivity contribution in [2.24, 2.45) is 0 Å². The summed E-state index contributed by atoms with van der Waals surface area (Å²) in [5, 5.41) is 5.07. The molecule has 2 N–H and O–H groups in total. The van der Waals surface area contributed by atoms with Crippen molar-refractivity contribution in [3.63, 3.8) is 0 Å². The number of hydrogen-bond acceptors (Lipinski definition) is 4. The maximum atomic E-state index is 13.9. The molecule has 0 unspecified atom stereocenters. The van der Waals surface area contributed by atoms with E-state index in [2.05, 4.69) is 26.6 Å². The van der Waals surface area contributed by atoms with Crippen LogP contribution in [-0.2, 0) is 16.0 Å². The molecule has 6 nitrogen and oxygen atoms in total. The molecule has 0 atom stereocenters. The van der Waals surface area contributed by atoms with Gasteiger partial charge in [-0.1, -0.05) is 15.9 Å². The van der Waals surface area contributed by atoms with E-state index in [1.807, 2.05) is 0 Å². The molecule has 0 fully saturated rings. The lowest BCUT2D eigenvalue weighted by atomic mass is 10.1. The van der Waals surface area contributed by atoms with E-state index in [0.29, 0.717) is 40.4 Å². The molecule has 1 heterocycles. The van der Waals surface area contributed by atoms with Gasteiger partial charge >= 0.3 is 0 Å². The Morgan fingerprint density at radius 3 is 2.50 bits per heavy atom. The van der Waals surface area contributed by atoms with Gasteiger partial charge in [-0.2, -0.15) is 0 Å². The number of benzene rings is 2. The number of amides is 2. The van der Waals surface area contributed by atoms with Gasteiger partial charge in [0.1, 0.15) is 19.0 Å². The molecule has 26 heavy (non-hydrogen) atoms. The van der Waals surface area contributed by atoms with Gasteiger partial charge in [-0.15, -0.1) is 0 Å². The van der Waals surface area contributed by atoms with Crippen molar-refractivity contribution in [2.75, 3.05) is 23.8 Å². The molecular weight excluding hydrogens is 407 g/mol. The second kappa shape index (κ2) is 7.74. The monoisotopic (exact) mass is 422 g/mol. The quantitative estimate of drug-likeness (QED) is 0.790. The molecule has 2 aromatic carbocycles. The van der Waals surface area contributed by atoms with Gasteiger partial charge in [-0.3, -0.25) is 9.59 Å². The summed E-state index contributed by atoms with van der Waals surface area (Å²) in [6, 6.07) is 7.44. The number of halogens is 2. The van der Waals surface area contributed by atoms with Crippen LogP contribution in [0.4, 0.5) is 15.8 Å². The first kappa shape index (κ1) is 18.2. The minimum Gasteiger partial charge on any atom is -0.486 e. The molecule has 0 aliphatic carbocycles. The summed E-state index contributed by atoms with van der Waals surface area (Å²) < 4.78 is 25.6. The summed E-state index contributed by atoms with van der Waals surface area (Å²) in [7, 11) is 0. The SMILES string of the molecule is CC(=O)Nc1ccc(F)c(NC(=O)Cc2cc3c(cc2Br)OCCO3)c1. The minimum absolute atomic E-state index is 0.00471. The van der Waals surface area contributed by atoms with Crippen LogP contribution in [0.1, 0.15) is 12.5 Å². The van der Waals surface area contributed by atoms with Gasteiger partial charge in [-0.25, -0.2) is 4.39 Å². The normalized spacial score (nSPS) is 12.4. The molecule has 1 aliphatic heterocycles. The van der Waals surface area contributed by atoms with E-state index in [0.717, 1.165) is 0 Å². The number of carbonyl (C=O) groups is 2. The Morgan fingerprint density at radius 2 is 1.81 bits per heavy atom. The molecule has 136 valence electrons. The van der Waals surface area contributed by atoms with Crippen LogP contribution in [0, 0.1) is 5.82 Å². The van der Waals surface area contributed by atoms with Gasteiger partial charge in [0.05, 0.1) is 12.1 Å². The van der Waals surface area contributed by atoms with Gasteiger partial charge in [0, 0.05) is 17.1 Å². The van der Waals surface area contributed by atoms with Crippen molar-refractivity contribution in [3.8, 4) is 11.5 Å². The van der Waals surface area contributed by atoms with Crippen LogP contribution in [0.5, 0.6) is 11.5 Å². The average Bonchev–Trinajstić information content (AvgIpc) is 2.58. The van der Waals surface area contributed by atoms with Crippen molar-refractivity contribution >= 4 is 39.1 Å². The molecule has 8 heteroatoms. The van der Waals surface area contributed by atoms with Gasteiger partial charge in [0.2, 0.25) is 11.8 Å². The molecule has 1 aliphatic rings. The maximum absolute atomic E-state index is 13.9. The zero-order valence-corrected chi connectivity index (χ0v) is 15.5. The fourth-order valence-corrected chi connectivity index (χ4v) is 2.97. The smallest absolute Gasteiger partial charge is 0.228 e. The molecule has 0 saturated heterocycles. The Bertz CT molecular complexity index is 873. The Labute approximate surface area is 157 Å². The Morgan fingerprint density at radius 1 is 1.12 bits per heavy atom. The number of ether oxygens (including phenoxy) is 2. The largest absolute Gasteiger partial charge is 0.486 e. The van der Waals surface area contributed by atoms with Crippen LogP contribution < -0.4 is 20.1 Å². The molecule has 0 bridgehead atoms. The summed E-state index contributed by atoms with van der Waals surface area (Å²) >= 11 is 3.41. The van der Waals surface area contributed by atoms with E-state index in [1.54, 1.807) is 12.1 Å². The number of rotatable bonds is 4. The van der Waals surface area contributed by atoms with Crippen LogP contribution in [0.25, 0.3) is 0 Å². The summed E-state index contributed by atoms with van der Waals surface area (Å²) in [6.45, 7) is 2.27. The highest BCUT2D eigenvalue weighted by Gasteiger charge is 2.17. The van der Waals surface area contributed by atoms with E-state index in [4.69, 9.17) is 9.47 Å². The third kappa shape index (κ3) is 4.32. The van der Waals surface area contributed by atoms with Crippen molar-refractivity contribution in [3.05, 3.63) is 46.2 Å². The summed E-state index contributed by atoms with van der Waals surface area (Å²) in [5.74, 6) is -0.0912. The highest BCUT2D eigenvalue weighted by molar-refractivity contribution is 9.10. The Hall–Kier alpha value is -2.61. The maximum Gasteiger partial charge on any atom is 0.228 e. The highest BCUT2D eigenvalue weighted by atomic mass is 79.9. The van der Waals surface area contributed by atoms with Crippen LogP contribution in [0.15, 0.2) is 34.8 Å². The first-order chi connectivity index (χ1) is 12.4. The van der Waals surface area contributed by atoms with E-state index < -0.39 is 11.7 Å². The topological polar surface area (TPSA) is 76.7 Å². The number of fused-ring (bicyclic) bond motifs is 1. The van der Waals surface area contributed by atoms with Gasteiger partial charge in [-0.05, 0) is 35.9 Å². The third-order valence-corrected chi connectivity index (χ3v) is 4.36. The first-order valence-electron chi connectivity index (χ1n) is 7.87. The second-order valence-electron chi connectivity index (χ2n) is 5.69. The number of nitrogens with one attached hydrogen (secondary N) is 2. The molecular formula is C18H16BrFN2O4. The van der Waals surface area contributed by atoms with Crippen LogP contribution in [-0.4, -0.2) is 25.0 Å². The zero-order chi connectivity index (χ0) is 18.7. The van der Waals surface area contributed by atoms with E-state index in [-0.39, 0.29) is 18.0 Å². The molecule has 3 rings (SSSR count). The molecule has 0 radical (unpaired) electrons. The predicted octanol–water partition coefficient (Wildman–Crippen LogP) is 3.50. The number of carbonyl (C=O) groups excluding carboxylic acids is 2. The molecule has 2 aromatic rings. The van der Waals surface area contributed by atoms with Crippen molar-refractivity contribution < 1.29 is 23.5 Å². The van der Waals surface area contributed by atoms with E-state index in [1.165, 1.54) is 25.1 Å². The summed E-state index contributed by atoms with van der Waals surface area (Å²) in [4.78, 5) is 23.4. The van der Waals surface area contributed by atoms with Gasteiger partial charge < -0.3 is 20.1 Å². The molecule has 0 spiro atoms. The van der Waals surface area contributed by atoms with Crippen molar-refractivity contribution in [1.29, 1.82) is 0 Å². The van der Waals surface area contributed by atoms with Crippen molar-refractivity contribution in [2.45, 2.75) is 13.3 Å². The molecule has 2 amide bonds. The molecule has 0 aromatic heterocycles. The van der Waals surface area contributed by atoms with Crippen molar-refractivity contribution in [1.82, 2.24) is 0 Å². The van der Waals surface area contributed by atoms with E-state index >= 15 is 0 Å². The highest BCUT2D eigenvalue weighted by Crippen LogP contribution is 2.35. The zero-order valence-electron chi connectivity index (χ0n) is 13.9. The minimum atomic E-state index is -0.589. The summed E-state index contributed by atoms with van der Waals surface area (Å²) in [5.41, 5.74) is 1.08. The Balaban J connectivity index is 1.74. The molecule has 0 saturated carbocycles. The standard InChI is InChI=1S/C18H16BrFN2O4/c1-10(23)21-12-2-3-14(20)15(8-12)22-18(24)7-11-6-16-17(9-13(11)19)26-5-4-25-16/h2-3,6,8-9H,4-5,7H2,1H3,(H,21,23)(H,22,24). The predicted molar refractivity (Wildman–Crippen MR) is 98.2 cm³/mol. The van der Waals surface area contributed by atoms with Crippen LogP contribution >= 0.6 is 15.9 Å². The first-order valence-corrected chi connectivity index (χ1v) is 8.66. The van der Waals surface area contributed by atoms with Crippen LogP contribution in [0.3, 0.4) is 0 Å². The summed E-state index contributed by atoms with van der Waals surface area (Å²) in [6.07, 6.45) is 0.0149. The fourth-order valence-electron chi connectivity index (χ4n) is 2.51. The number of hydrogen-bond donors (Lipinski definition) is 2. The van der Waals surface area contributed by atoms with Gasteiger partial charge in [0.25, 0.3) is 0 Å². The third-order valence-electron chi connectivity index (χ3n) is 3.62. The number of anilines is 2. The lowest BCUT2D eigenvalue weighted by molar-refractivity contribution is -0.116.